The molecule has 0 fully saturated rings. The molecule has 1 unspecified atom stereocenters. The van der Waals surface area contributed by atoms with Gasteiger partial charge in [-0.2, -0.15) is 0 Å². The predicted molar refractivity (Wildman–Crippen MR) is 48.3 cm³/mol. The zero-order valence-corrected chi connectivity index (χ0v) is 8.13. The Hall–Kier alpha value is -0.340. The van der Waals surface area contributed by atoms with Crippen LogP contribution in [0.1, 0.15) is 13.3 Å². The molecule has 0 rings (SSSR count). The SMILES string of the molecule is C=CCOC(CC)[N+](C)(C)C. The van der Waals surface area contributed by atoms with Crippen molar-refractivity contribution in [2.75, 3.05) is 27.7 Å². The zero-order valence-electron chi connectivity index (χ0n) is 8.13. The molecule has 0 aliphatic heterocycles. The van der Waals surface area contributed by atoms with E-state index in [1.54, 1.807) is 6.08 Å². The van der Waals surface area contributed by atoms with Crippen LogP contribution < -0.4 is 0 Å². The lowest BCUT2D eigenvalue weighted by Crippen LogP contribution is -2.46. The van der Waals surface area contributed by atoms with Crippen LogP contribution in [0.15, 0.2) is 12.7 Å². The summed E-state index contributed by atoms with van der Waals surface area (Å²) in [7, 11) is 6.41. The number of hydrogen-bond donors (Lipinski definition) is 0. The normalized spacial score (nSPS) is 14.5. The molecule has 0 saturated heterocycles. The highest BCUT2D eigenvalue weighted by Gasteiger charge is 2.21. The summed E-state index contributed by atoms with van der Waals surface area (Å²) in [6.07, 6.45) is 3.11. The summed E-state index contributed by atoms with van der Waals surface area (Å²) in [6.45, 7) is 6.40. The Kier molecular flexibility index (Phi) is 4.38. The van der Waals surface area contributed by atoms with Crippen LogP contribution in [-0.4, -0.2) is 38.5 Å². The lowest BCUT2D eigenvalue weighted by atomic mass is 10.3. The fourth-order valence-electron chi connectivity index (χ4n) is 1.07. The highest BCUT2D eigenvalue weighted by molar-refractivity contribution is 4.64. The standard InChI is InChI=1S/C9H20NO/c1-6-8-11-9(7-2)10(3,4)5/h6,9H,1,7-8H2,2-5H3/q+1. The molecule has 0 aliphatic rings. The van der Waals surface area contributed by atoms with Gasteiger partial charge < -0.3 is 9.22 Å². The molecule has 0 N–H and O–H groups in total. The molecule has 1 atom stereocenters. The Morgan fingerprint density at radius 1 is 1.45 bits per heavy atom. The van der Waals surface area contributed by atoms with E-state index in [1.165, 1.54) is 0 Å². The zero-order chi connectivity index (χ0) is 8.91. The minimum Gasteiger partial charge on any atom is -0.325 e. The van der Waals surface area contributed by atoms with E-state index in [-0.39, 0.29) is 6.23 Å². The average Bonchev–Trinajstić information content (AvgIpc) is 1.87. The van der Waals surface area contributed by atoms with E-state index in [4.69, 9.17) is 4.74 Å². The summed E-state index contributed by atoms with van der Waals surface area (Å²) in [6, 6.07) is 0. The lowest BCUT2D eigenvalue weighted by Gasteiger charge is -2.32. The molecule has 2 heteroatoms. The van der Waals surface area contributed by atoms with Gasteiger partial charge in [0.2, 0.25) is 0 Å². The molecule has 0 aromatic heterocycles. The van der Waals surface area contributed by atoms with Crippen LogP contribution in [0.3, 0.4) is 0 Å². The monoisotopic (exact) mass is 158 g/mol. The second kappa shape index (κ2) is 4.52. The van der Waals surface area contributed by atoms with Crippen LogP contribution in [0, 0.1) is 0 Å². The minimum atomic E-state index is 0.285. The molecule has 11 heavy (non-hydrogen) atoms. The molecule has 0 aliphatic carbocycles. The third kappa shape index (κ3) is 4.17. The van der Waals surface area contributed by atoms with E-state index >= 15 is 0 Å². The van der Waals surface area contributed by atoms with Gasteiger partial charge in [0.05, 0.1) is 27.7 Å². The Balaban J connectivity index is 3.85. The summed E-state index contributed by atoms with van der Waals surface area (Å²) in [5.41, 5.74) is 0. The Morgan fingerprint density at radius 2 is 2.00 bits per heavy atom. The molecular weight excluding hydrogens is 138 g/mol. The lowest BCUT2D eigenvalue weighted by molar-refractivity contribution is -0.919. The molecule has 66 valence electrons. The molecule has 2 nitrogen and oxygen atoms in total. The highest BCUT2D eigenvalue weighted by atomic mass is 16.5. The van der Waals surface area contributed by atoms with Gasteiger partial charge in [-0.15, -0.1) is 6.58 Å². The van der Waals surface area contributed by atoms with Gasteiger partial charge in [-0.05, 0) is 0 Å². The van der Waals surface area contributed by atoms with Crippen LogP contribution in [0.4, 0.5) is 0 Å². The van der Waals surface area contributed by atoms with Crippen LogP contribution >= 0.6 is 0 Å². The number of hydrogen-bond acceptors (Lipinski definition) is 1. The molecule has 0 saturated carbocycles. The fraction of sp³-hybridized carbons (Fsp3) is 0.778. The first-order valence-corrected chi connectivity index (χ1v) is 4.06. The van der Waals surface area contributed by atoms with E-state index in [1.807, 2.05) is 0 Å². The van der Waals surface area contributed by atoms with Crippen molar-refractivity contribution < 1.29 is 9.22 Å². The van der Waals surface area contributed by atoms with Crippen molar-refractivity contribution in [3.05, 3.63) is 12.7 Å². The predicted octanol–water partition coefficient (Wildman–Crippen LogP) is 1.63. The van der Waals surface area contributed by atoms with Gasteiger partial charge in [0.1, 0.15) is 0 Å². The van der Waals surface area contributed by atoms with Gasteiger partial charge in [0.25, 0.3) is 0 Å². The summed E-state index contributed by atoms with van der Waals surface area (Å²) in [5, 5.41) is 0. The molecule has 0 radical (unpaired) electrons. The van der Waals surface area contributed by atoms with Crippen molar-refractivity contribution in [2.45, 2.75) is 19.6 Å². The fourth-order valence-corrected chi connectivity index (χ4v) is 1.07. The molecule has 0 aromatic carbocycles. The van der Waals surface area contributed by atoms with Gasteiger partial charge in [-0.3, -0.25) is 0 Å². The van der Waals surface area contributed by atoms with E-state index in [9.17, 15) is 0 Å². The van der Waals surface area contributed by atoms with Crippen LogP contribution in [0.2, 0.25) is 0 Å². The summed E-state index contributed by atoms with van der Waals surface area (Å²) < 4.78 is 6.41. The Bertz CT molecular complexity index is 115. The number of ether oxygens (including phenoxy) is 1. The van der Waals surface area contributed by atoms with Crippen molar-refractivity contribution in [1.82, 2.24) is 0 Å². The van der Waals surface area contributed by atoms with Crippen LogP contribution in [0.5, 0.6) is 0 Å². The Morgan fingerprint density at radius 3 is 2.27 bits per heavy atom. The van der Waals surface area contributed by atoms with Gasteiger partial charge in [0, 0.05) is 6.42 Å². The van der Waals surface area contributed by atoms with Crippen molar-refractivity contribution in [2.24, 2.45) is 0 Å². The first-order valence-electron chi connectivity index (χ1n) is 4.06. The van der Waals surface area contributed by atoms with Crippen molar-refractivity contribution in [1.29, 1.82) is 0 Å². The van der Waals surface area contributed by atoms with E-state index in [0.29, 0.717) is 6.61 Å². The van der Waals surface area contributed by atoms with E-state index in [2.05, 4.69) is 34.6 Å². The largest absolute Gasteiger partial charge is 0.325 e. The maximum atomic E-state index is 5.56. The summed E-state index contributed by atoms with van der Waals surface area (Å²) in [5.74, 6) is 0. The van der Waals surface area contributed by atoms with E-state index in [0.717, 1.165) is 10.9 Å². The quantitative estimate of drug-likeness (QED) is 0.336. The maximum Gasteiger partial charge on any atom is 0.192 e. The molecule has 0 heterocycles. The topological polar surface area (TPSA) is 9.23 Å². The van der Waals surface area contributed by atoms with Gasteiger partial charge >= 0.3 is 0 Å². The Labute approximate surface area is 70.1 Å². The molecule has 0 spiro atoms. The summed E-state index contributed by atoms with van der Waals surface area (Å²) >= 11 is 0. The number of quaternary nitrogens is 1. The van der Waals surface area contributed by atoms with Crippen molar-refractivity contribution >= 4 is 0 Å². The molecule has 0 amide bonds. The molecule has 0 aromatic rings. The smallest absolute Gasteiger partial charge is 0.192 e. The van der Waals surface area contributed by atoms with Crippen LogP contribution in [-0.2, 0) is 4.74 Å². The first-order chi connectivity index (χ1) is 5.02. The van der Waals surface area contributed by atoms with Gasteiger partial charge in [-0.1, -0.05) is 13.0 Å². The second-order valence-corrected chi connectivity index (χ2v) is 3.60. The molecule has 0 bridgehead atoms. The molecular formula is C9H20NO+. The maximum absolute atomic E-state index is 5.56. The van der Waals surface area contributed by atoms with Crippen LogP contribution in [0.25, 0.3) is 0 Å². The van der Waals surface area contributed by atoms with Gasteiger partial charge in [0.15, 0.2) is 6.23 Å². The summed E-state index contributed by atoms with van der Waals surface area (Å²) in [4.78, 5) is 0. The first kappa shape index (κ1) is 10.7. The average molecular weight is 158 g/mol. The van der Waals surface area contributed by atoms with Gasteiger partial charge in [-0.25, -0.2) is 0 Å². The second-order valence-electron chi connectivity index (χ2n) is 3.60. The highest BCUT2D eigenvalue weighted by Crippen LogP contribution is 2.08. The number of rotatable bonds is 5. The third-order valence-corrected chi connectivity index (χ3v) is 1.62. The number of nitrogens with zero attached hydrogens (tertiary/aromatic N) is 1. The van der Waals surface area contributed by atoms with Crippen molar-refractivity contribution in [3.8, 4) is 0 Å². The third-order valence-electron chi connectivity index (χ3n) is 1.62. The van der Waals surface area contributed by atoms with E-state index < -0.39 is 0 Å². The minimum absolute atomic E-state index is 0.285. The van der Waals surface area contributed by atoms with Crippen molar-refractivity contribution in [3.63, 3.8) is 0 Å².